The van der Waals surface area contributed by atoms with E-state index >= 15 is 0 Å². The number of aliphatic hydroxyl groups is 1. The molecule has 134 valence electrons. The summed E-state index contributed by atoms with van der Waals surface area (Å²) in [6.45, 7) is 4.54. The van der Waals surface area contributed by atoms with Crippen LogP contribution in [0.4, 0.5) is 0 Å². The number of amides is 1. The van der Waals surface area contributed by atoms with E-state index in [0.717, 1.165) is 25.7 Å². The standard InChI is InChI=1S/C17H31NO5/c1-4-5-6-7-8-9-10-11-12-17(16(22)23,18-14(3)20)15(21)13(2)19/h13,19H,4-12H2,1-3H3,(H,18,20)(H,22,23). The molecule has 6 nitrogen and oxygen atoms in total. The van der Waals surface area contributed by atoms with E-state index in [1.807, 2.05) is 0 Å². The van der Waals surface area contributed by atoms with Crippen LogP contribution in [0.25, 0.3) is 0 Å². The molecular weight excluding hydrogens is 298 g/mol. The first-order valence-electron chi connectivity index (χ1n) is 8.52. The van der Waals surface area contributed by atoms with Crippen LogP contribution >= 0.6 is 0 Å². The van der Waals surface area contributed by atoms with Gasteiger partial charge in [-0.2, -0.15) is 0 Å². The lowest BCUT2D eigenvalue weighted by atomic mass is 9.85. The number of carboxylic acids is 1. The molecule has 0 saturated carbocycles. The Morgan fingerprint density at radius 2 is 1.48 bits per heavy atom. The van der Waals surface area contributed by atoms with Gasteiger partial charge in [0.15, 0.2) is 11.3 Å². The summed E-state index contributed by atoms with van der Waals surface area (Å²) < 4.78 is 0. The highest BCUT2D eigenvalue weighted by molar-refractivity contribution is 6.11. The van der Waals surface area contributed by atoms with Gasteiger partial charge in [-0.3, -0.25) is 9.59 Å². The van der Waals surface area contributed by atoms with Gasteiger partial charge < -0.3 is 15.5 Å². The molecule has 0 aromatic rings. The second-order valence-electron chi connectivity index (χ2n) is 6.16. The summed E-state index contributed by atoms with van der Waals surface area (Å²) in [4.78, 5) is 35.0. The van der Waals surface area contributed by atoms with Crippen LogP contribution in [0.2, 0.25) is 0 Å². The first-order valence-corrected chi connectivity index (χ1v) is 8.52. The van der Waals surface area contributed by atoms with Crippen molar-refractivity contribution in [2.75, 3.05) is 0 Å². The van der Waals surface area contributed by atoms with E-state index in [1.165, 1.54) is 33.1 Å². The van der Waals surface area contributed by atoms with E-state index in [0.29, 0.717) is 6.42 Å². The molecule has 0 aromatic heterocycles. The number of Topliss-reactive ketones (excluding diaryl/α,β-unsaturated/α-hetero) is 1. The number of aliphatic hydroxyl groups excluding tert-OH is 1. The minimum atomic E-state index is -2.03. The molecule has 0 aliphatic heterocycles. The highest BCUT2D eigenvalue weighted by Gasteiger charge is 2.47. The van der Waals surface area contributed by atoms with Crippen molar-refractivity contribution >= 4 is 17.7 Å². The van der Waals surface area contributed by atoms with Crippen molar-refractivity contribution in [2.45, 2.75) is 90.2 Å². The fourth-order valence-electron chi connectivity index (χ4n) is 2.69. The summed E-state index contributed by atoms with van der Waals surface area (Å²) in [5, 5.41) is 21.2. The Bertz CT molecular complexity index is 394. The summed E-state index contributed by atoms with van der Waals surface area (Å²) >= 11 is 0. The summed E-state index contributed by atoms with van der Waals surface area (Å²) in [5.41, 5.74) is -2.03. The maximum absolute atomic E-state index is 12.1. The molecule has 0 heterocycles. The highest BCUT2D eigenvalue weighted by atomic mass is 16.4. The van der Waals surface area contributed by atoms with E-state index in [9.17, 15) is 24.6 Å². The number of aliphatic carboxylic acids is 1. The maximum atomic E-state index is 12.1. The fraction of sp³-hybridized carbons (Fsp3) is 0.824. The third kappa shape index (κ3) is 7.59. The number of ketones is 1. The van der Waals surface area contributed by atoms with Crippen molar-refractivity contribution < 1.29 is 24.6 Å². The van der Waals surface area contributed by atoms with Gasteiger partial charge in [0, 0.05) is 6.92 Å². The number of hydrogen-bond donors (Lipinski definition) is 3. The van der Waals surface area contributed by atoms with Gasteiger partial charge in [-0.25, -0.2) is 4.79 Å². The van der Waals surface area contributed by atoms with Crippen molar-refractivity contribution in [1.29, 1.82) is 0 Å². The van der Waals surface area contributed by atoms with Crippen molar-refractivity contribution in [2.24, 2.45) is 0 Å². The van der Waals surface area contributed by atoms with Crippen LogP contribution in [0.3, 0.4) is 0 Å². The van der Waals surface area contributed by atoms with Crippen LogP contribution in [0.5, 0.6) is 0 Å². The van der Waals surface area contributed by atoms with Crippen molar-refractivity contribution in [3.8, 4) is 0 Å². The Hall–Kier alpha value is -1.43. The molecule has 0 fully saturated rings. The molecule has 0 aliphatic rings. The molecule has 0 aliphatic carbocycles. The summed E-state index contributed by atoms with van der Waals surface area (Å²) in [6, 6.07) is 0. The van der Waals surface area contributed by atoms with Gasteiger partial charge in [0.25, 0.3) is 0 Å². The van der Waals surface area contributed by atoms with Gasteiger partial charge in [0.2, 0.25) is 5.91 Å². The smallest absolute Gasteiger partial charge is 0.337 e. The molecule has 1 amide bonds. The lowest BCUT2D eigenvalue weighted by molar-refractivity contribution is -0.156. The number of carboxylic acid groups (broad SMARTS) is 1. The molecule has 0 aromatic carbocycles. The number of hydrogen-bond acceptors (Lipinski definition) is 4. The topological polar surface area (TPSA) is 104 Å². The second-order valence-corrected chi connectivity index (χ2v) is 6.16. The quantitative estimate of drug-likeness (QED) is 0.356. The predicted octanol–water partition coefficient (Wildman–Crippen LogP) is 2.43. The zero-order valence-electron chi connectivity index (χ0n) is 14.6. The summed E-state index contributed by atoms with van der Waals surface area (Å²) in [5.74, 6) is -2.88. The normalized spacial score (nSPS) is 14.8. The third-order valence-corrected chi connectivity index (χ3v) is 3.96. The fourth-order valence-corrected chi connectivity index (χ4v) is 2.69. The van der Waals surface area contributed by atoms with E-state index in [1.54, 1.807) is 0 Å². The Morgan fingerprint density at radius 3 is 1.87 bits per heavy atom. The van der Waals surface area contributed by atoms with Gasteiger partial charge in [-0.1, -0.05) is 58.3 Å². The maximum Gasteiger partial charge on any atom is 0.337 e. The van der Waals surface area contributed by atoms with E-state index in [2.05, 4.69) is 12.2 Å². The van der Waals surface area contributed by atoms with Crippen molar-refractivity contribution in [3.05, 3.63) is 0 Å². The van der Waals surface area contributed by atoms with Gasteiger partial charge in [-0.15, -0.1) is 0 Å². The van der Waals surface area contributed by atoms with Crippen LogP contribution in [0.15, 0.2) is 0 Å². The lowest BCUT2D eigenvalue weighted by Gasteiger charge is -2.29. The van der Waals surface area contributed by atoms with E-state index < -0.39 is 29.3 Å². The molecule has 0 saturated heterocycles. The van der Waals surface area contributed by atoms with Crippen LogP contribution in [-0.4, -0.2) is 39.5 Å². The minimum absolute atomic E-state index is 0.000602. The number of rotatable bonds is 13. The molecule has 23 heavy (non-hydrogen) atoms. The predicted molar refractivity (Wildman–Crippen MR) is 88.1 cm³/mol. The highest BCUT2D eigenvalue weighted by Crippen LogP contribution is 2.20. The van der Waals surface area contributed by atoms with Gasteiger partial charge >= 0.3 is 5.97 Å². The molecule has 0 rings (SSSR count). The van der Waals surface area contributed by atoms with Gasteiger partial charge in [0.1, 0.15) is 6.10 Å². The molecule has 2 unspecified atom stereocenters. The molecule has 3 N–H and O–H groups in total. The van der Waals surface area contributed by atoms with Crippen molar-refractivity contribution in [1.82, 2.24) is 5.32 Å². The van der Waals surface area contributed by atoms with Gasteiger partial charge in [0.05, 0.1) is 0 Å². The SMILES string of the molecule is CCCCCCCCCCC(NC(C)=O)(C(=O)O)C(=O)C(C)O. The number of unbranched alkanes of at least 4 members (excludes halogenated alkanes) is 7. The molecule has 2 atom stereocenters. The zero-order chi connectivity index (χ0) is 17.9. The lowest BCUT2D eigenvalue weighted by Crippen LogP contribution is -2.62. The Balaban J connectivity index is 4.56. The number of carbonyl (C=O) groups excluding carboxylic acids is 2. The summed E-state index contributed by atoms with van der Waals surface area (Å²) in [7, 11) is 0. The molecule has 0 spiro atoms. The third-order valence-electron chi connectivity index (χ3n) is 3.96. The van der Waals surface area contributed by atoms with E-state index in [4.69, 9.17) is 0 Å². The zero-order valence-corrected chi connectivity index (χ0v) is 14.6. The minimum Gasteiger partial charge on any atom is -0.479 e. The van der Waals surface area contributed by atoms with Gasteiger partial charge in [-0.05, 0) is 13.3 Å². The Kier molecular flexibility index (Phi) is 10.5. The Morgan fingerprint density at radius 1 is 1.00 bits per heavy atom. The largest absolute Gasteiger partial charge is 0.479 e. The van der Waals surface area contributed by atoms with Crippen LogP contribution in [0, 0.1) is 0 Å². The first-order chi connectivity index (χ1) is 10.8. The molecule has 6 heteroatoms. The Labute approximate surface area is 138 Å². The number of carbonyl (C=O) groups is 3. The van der Waals surface area contributed by atoms with Crippen LogP contribution in [-0.2, 0) is 14.4 Å². The monoisotopic (exact) mass is 329 g/mol. The van der Waals surface area contributed by atoms with Crippen LogP contribution < -0.4 is 5.32 Å². The molecule has 0 bridgehead atoms. The molecular formula is C17H31NO5. The number of nitrogens with one attached hydrogen (secondary N) is 1. The summed E-state index contributed by atoms with van der Waals surface area (Å²) in [6.07, 6.45) is 6.73. The molecule has 0 radical (unpaired) electrons. The second kappa shape index (κ2) is 11.2. The average molecular weight is 329 g/mol. The first kappa shape index (κ1) is 21.6. The average Bonchev–Trinajstić information content (AvgIpc) is 2.47. The van der Waals surface area contributed by atoms with Crippen molar-refractivity contribution in [3.63, 3.8) is 0 Å². The van der Waals surface area contributed by atoms with Crippen LogP contribution in [0.1, 0.15) is 78.6 Å². The van der Waals surface area contributed by atoms with E-state index in [-0.39, 0.29) is 6.42 Å².